The van der Waals surface area contributed by atoms with Crippen molar-refractivity contribution in [3.05, 3.63) is 36.0 Å². The second-order valence-electron chi connectivity index (χ2n) is 5.20. The van der Waals surface area contributed by atoms with E-state index in [0.717, 1.165) is 0 Å². The molecular weight excluding hydrogens is 318 g/mol. The fourth-order valence-electron chi connectivity index (χ4n) is 1.85. The van der Waals surface area contributed by atoms with E-state index in [1.54, 1.807) is 24.3 Å². The number of hydrogen-bond donors (Lipinski definition) is 2. The van der Waals surface area contributed by atoms with Crippen LogP contribution in [0.1, 0.15) is 13.8 Å². The first-order chi connectivity index (χ1) is 11.4. The average Bonchev–Trinajstić information content (AvgIpc) is 3.00. The summed E-state index contributed by atoms with van der Waals surface area (Å²) in [7, 11) is 0. The van der Waals surface area contributed by atoms with Crippen molar-refractivity contribution in [2.45, 2.75) is 19.6 Å². The zero-order valence-electron chi connectivity index (χ0n) is 12.8. The van der Waals surface area contributed by atoms with Gasteiger partial charge in [0.25, 0.3) is 5.79 Å². The number of nitrogens with one attached hydrogen (secondary N) is 2. The third-order valence-electron chi connectivity index (χ3n) is 2.89. The number of ether oxygens (including phenoxy) is 3. The number of tetrazole rings is 1. The molecule has 0 bridgehead atoms. The van der Waals surface area contributed by atoms with E-state index < -0.39 is 17.7 Å². The van der Waals surface area contributed by atoms with Crippen LogP contribution in [0.15, 0.2) is 36.0 Å². The smallest absolute Gasteiger partial charge is 0.361 e. The van der Waals surface area contributed by atoms with Crippen LogP contribution in [0, 0.1) is 0 Å². The van der Waals surface area contributed by atoms with Gasteiger partial charge < -0.3 is 19.5 Å². The lowest BCUT2D eigenvalue weighted by Crippen LogP contribution is -2.42. The van der Waals surface area contributed by atoms with Gasteiger partial charge in [0.1, 0.15) is 5.75 Å². The molecule has 0 spiro atoms. The highest BCUT2D eigenvalue weighted by Gasteiger charge is 2.38. The van der Waals surface area contributed by atoms with Crippen molar-refractivity contribution < 1.29 is 23.8 Å². The van der Waals surface area contributed by atoms with E-state index in [2.05, 4.69) is 25.9 Å². The van der Waals surface area contributed by atoms with Gasteiger partial charge in [0, 0.05) is 25.7 Å². The van der Waals surface area contributed by atoms with E-state index >= 15 is 0 Å². The van der Waals surface area contributed by atoms with Crippen LogP contribution >= 0.6 is 0 Å². The molecule has 2 N–H and O–H groups in total. The third kappa shape index (κ3) is 3.48. The van der Waals surface area contributed by atoms with Crippen LogP contribution in [-0.2, 0) is 19.1 Å². The third-order valence-corrected chi connectivity index (χ3v) is 2.89. The van der Waals surface area contributed by atoms with Crippen molar-refractivity contribution >= 4 is 17.6 Å². The number of aromatic amines is 1. The Kier molecular flexibility index (Phi) is 3.86. The number of nitrogens with zero attached hydrogens (tertiary/aromatic N) is 3. The van der Waals surface area contributed by atoms with Crippen molar-refractivity contribution in [3.8, 4) is 11.8 Å². The number of esters is 2. The van der Waals surface area contributed by atoms with Crippen molar-refractivity contribution in [2.75, 3.05) is 5.32 Å². The lowest BCUT2D eigenvalue weighted by atomic mass is 10.2. The number of carbonyl (C=O) groups is 2. The second-order valence-corrected chi connectivity index (χ2v) is 5.20. The Balaban J connectivity index is 1.66. The van der Waals surface area contributed by atoms with Crippen LogP contribution in [0.4, 0.5) is 5.69 Å². The van der Waals surface area contributed by atoms with E-state index in [1.165, 1.54) is 20.0 Å². The second kappa shape index (κ2) is 5.99. The van der Waals surface area contributed by atoms with Crippen LogP contribution in [0.5, 0.6) is 11.8 Å². The van der Waals surface area contributed by atoms with E-state index in [9.17, 15) is 9.59 Å². The summed E-state index contributed by atoms with van der Waals surface area (Å²) in [6.45, 7) is 2.96. The average molecular weight is 331 g/mol. The summed E-state index contributed by atoms with van der Waals surface area (Å²) in [6.07, 6.45) is 1.23. The van der Waals surface area contributed by atoms with Crippen LogP contribution in [-0.4, -0.2) is 38.3 Å². The minimum atomic E-state index is -1.26. The standard InChI is InChI=1S/C14H13N5O5/c1-14(2)23-11(20)10(12(21)24-14)7-15-8-3-5-9(6-4-8)22-13-16-18-19-17-13/h3-7,15H,1-2H3,(H,16,17,18,19). The first kappa shape index (κ1) is 15.5. The van der Waals surface area contributed by atoms with Crippen LogP contribution in [0.2, 0.25) is 0 Å². The quantitative estimate of drug-likeness (QED) is 0.481. The molecule has 0 radical (unpaired) electrons. The fraction of sp³-hybridized carbons (Fsp3) is 0.214. The topological polar surface area (TPSA) is 128 Å². The SMILES string of the molecule is CC1(C)OC(=O)C(=CNc2ccc(Oc3nn[nH]n3)cc2)C(=O)O1. The van der Waals surface area contributed by atoms with Crippen molar-refractivity contribution in [2.24, 2.45) is 0 Å². The predicted molar refractivity (Wildman–Crippen MR) is 78.7 cm³/mol. The Morgan fingerprint density at radius 2 is 1.83 bits per heavy atom. The van der Waals surface area contributed by atoms with E-state index in [1.807, 2.05) is 0 Å². The van der Waals surface area contributed by atoms with Crippen molar-refractivity contribution in [3.63, 3.8) is 0 Å². The number of anilines is 1. The first-order valence-electron chi connectivity index (χ1n) is 6.88. The molecule has 0 unspecified atom stereocenters. The Bertz CT molecular complexity index is 760. The number of carbonyl (C=O) groups excluding carboxylic acids is 2. The molecule has 1 fully saturated rings. The van der Waals surface area contributed by atoms with Crippen molar-refractivity contribution in [1.29, 1.82) is 0 Å². The fourth-order valence-corrected chi connectivity index (χ4v) is 1.85. The maximum Gasteiger partial charge on any atom is 0.361 e. The maximum absolute atomic E-state index is 11.8. The Hall–Kier alpha value is -3.43. The molecule has 1 aliphatic heterocycles. The molecule has 2 aromatic rings. The van der Waals surface area contributed by atoms with Gasteiger partial charge >= 0.3 is 17.9 Å². The monoisotopic (exact) mass is 331 g/mol. The van der Waals surface area contributed by atoms with Crippen LogP contribution in [0.25, 0.3) is 0 Å². The molecule has 2 heterocycles. The zero-order valence-corrected chi connectivity index (χ0v) is 12.8. The van der Waals surface area contributed by atoms with E-state index in [0.29, 0.717) is 11.4 Å². The number of benzene rings is 1. The molecule has 0 aliphatic carbocycles. The van der Waals surface area contributed by atoms with Gasteiger partial charge in [-0.25, -0.2) is 9.59 Å². The largest absolute Gasteiger partial charge is 0.422 e. The normalized spacial score (nSPS) is 16.2. The highest BCUT2D eigenvalue weighted by atomic mass is 16.7. The summed E-state index contributed by atoms with van der Waals surface area (Å²) in [4.78, 5) is 23.6. The van der Waals surface area contributed by atoms with Gasteiger partial charge in [-0.15, -0.1) is 0 Å². The van der Waals surface area contributed by atoms with Gasteiger partial charge in [-0.3, -0.25) is 0 Å². The van der Waals surface area contributed by atoms with Gasteiger partial charge in [-0.1, -0.05) is 10.2 Å². The lowest BCUT2D eigenvalue weighted by Gasteiger charge is -2.29. The summed E-state index contributed by atoms with van der Waals surface area (Å²) in [6, 6.07) is 6.75. The molecule has 3 rings (SSSR count). The molecule has 0 saturated carbocycles. The maximum atomic E-state index is 11.8. The molecule has 24 heavy (non-hydrogen) atoms. The summed E-state index contributed by atoms with van der Waals surface area (Å²) in [5.74, 6) is -2.27. The minimum absolute atomic E-state index is 0.0909. The number of H-pyrrole nitrogens is 1. The highest BCUT2D eigenvalue weighted by molar-refractivity contribution is 6.15. The number of cyclic esters (lactones) is 2. The molecule has 10 nitrogen and oxygen atoms in total. The van der Waals surface area contributed by atoms with Gasteiger partial charge in [0.2, 0.25) is 0 Å². The Morgan fingerprint density at radius 1 is 1.17 bits per heavy atom. The van der Waals surface area contributed by atoms with Crippen LogP contribution < -0.4 is 10.1 Å². The molecule has 1 aromatic carbocycles. The highest BCUT2D eigenvalue weighted by Crippen LogP contribution is 2.23. The minimum Gasteiger partial charge on any atom is -0.422 e. The van der Waals surface area contributed by atoms with E-state index in [-0.39, 0.29) is 11.6 Å². The van der Waals surface area contributed by atoms with Gasteiger partial charge in [0.15, 0.2) is 5.57 Å². The Labute approximate surface area is 135 Å². The summed E-state index contributed by atoms with van der Waals surface area (Å²) >= 11 is 0. The predicted octanol–water partition coefficient (Wildman–Crippen LogP) is 1.12. The van der Waals surface area contributed by atoms with Gasteiger partial charge in [-0.2, -0.15) is 5.21 Å². The molecule has 10 heteroatoms. The molecule has 0 amide bonds. The van der Waals surface area contributed by atoms with Gasteiger partial charge in [-0.05, 0) is 29.5 Å². The summed E-state index contributed by atoms with van der Waals surface area (Å²) in [5, 5.41) is 15.8. The van der Waals surface area contributed by atoms with Crippen LogP contribution in [0.3, 0.4) is 0 Å². The molecule has 1 saturated heterocycles. The Morgan fingerprint density at radius 3 is 2.42 bits per heavy atom. The summed E-state index contributed by atoms with van der Waals surface area (Å²) in [5.41, 5.74) is 0.398. The lowest BCUT2D eigenvalue weighted by molar-refractivity contribution is -0.222. The number of rotatable bonds is 4. The molecule has 1 aromatic heterocycles. The van der Waals surface area contributed by atoms with E-state index in [4.69, 9.17) is 14.2 Å². The van der Waals surface area contributed by atoms with Crippen molar-refractivity contribution in [1.82, 2.24) is 20.6 Å². The molecular formula is C14H13N5O5. The number of hydrogen-bond acceptors (Lipinski definition) is 9. The first-order valence-corrected chi connectivity index (χ1v) is 6.88. The molecule has 124 valence electrons. The molecule has 1 aliphatic rings. The van der Waals surface area contributed by atoms with Gasteiger partial charge in [0.05, 0.1) is 0 Å². The number of aromatic nitrogens is 4. The summed E-state index contributed by atoms with van der Waals surface area (Å²) < 4.78 is 15.3. The zero-order chi connectivity index (χ0) is 17.2. The molecule has 0 atom stereocenters.